The van der Waals surface area contributed by atoms with E-state index in [0.717, 1.165) is 22.2 Å². The van der Waals surface area contributed by atoms with Gasteiger partial charge >= 0.3 is 6.18 Å². The molecule has 49 heavy (non-hydrogen) atoms. The van der Waals surface area contributed by atoms with Gasteiger partial charge in [-0.25, -0.2) is 4.98 Å². The van der Waals surface area contributed by atoms with Crippen LogP contribution in [0.3, 0.4) is 0 Å². The lowest BCUT2D eigenvalue weighted by Gasteiger charge is -2.39. The molecule has 6 heterocycles. The van der Waals surface area contributed by atoms with Crippen LogP contribution in [0.2, 0.25) is 0 Å². The van der Waals surface area contributed by atoms with Crippen molar-refractivity contribution in [1.29, 1.82) is 0 Å². The highest BCUT2D eigenvalue weighted by molar-refractivity contribution is 5.95. The van der Waals surface area contributed by atoms with Gasteiger partial charge in [-0.15, -0.1) is 5.10 Å². The van der Waals surface area contributed by atoms with Crippen LogP contribution in [0.4, 0.5) is 18.9 Å². The molecule has 13 nitrogen and oxygen atoms in total. The molecule has 1 saturated heterocycles. The summed E-state index contributed by atoms with van der Waals surface area (Å²) in [5, 5.41) is 17.4. The Labute approximate surface area is 277 Å². The summed E-state index contributed by atoms with van der Waals surface area (Å²) < 4.78 is 54.4. The lowest BCUT2D eigenvalue weighted by molar-refractivity contribution is -0.137. The van der Waals surface area contributed by atoms with Gasteiger partial charge in [0.25, 0.3) is 11.5 Å². The second-order valence-electron chi connectivity index (χ2n) is 12.3. The number of rotatable bonds is 5. The summed E-state index contributed by atoms with van der Waals surface area (Å²) in [6.07, 6.45) is -0.940. The number of likely N-dealkylation sites (tertiary alicyclic amines) is 1. The number of pyridine rings is 1. The fourth-order valence-electron chi connectivity index (χ4n) is 6.86. The third kappa shape index (κ3) is 5.73. The van der Waals surface area contributed by atoms with Gasteiger partial charge in [0.05, 0.1) is 36.1 Å². The van der Waals surface area contributed by atoms with Crippen molar-refractivity contribution in [1.82, 2.24) is 29.0 Å². The number of carbonyl (C=O) groups excluding carboxylic acids is 2. The van der Waals surface area contributed by atoms with Crippen LogP contribution >= 0.6 is 0 Å². The number of aromatic hydroxyl groups is 1. The molecular weight excluding hydrogens is 647 g/mol. The third-order valence-corrected chi connectivity index (χ3v) is 9.26. The summed E-state index contributed by atoms with van der Waals surface area (Å²) in [7, 11) is 0. The molecule has 0 radical (unpaired) electrons. The number of carbonyl (C=O) groups is 2. The van der Waals surface area contributed by atoms with E-state index in [1.165, 1.54) is 31.3 Å². The minimum absolute atomic E-state index is 0.0736. The van der Waals surface area contributed by atoms with Crippen molar-refractivity contribution in [3.8, 4) is 5.75 Å². The molecule has 4 aromatic rings. The van der Waals surface area contributed by atoms with Crippen LogP contribution in [-0.2, 0) is 32.6 Å². The number of ether oxygens (including phenoxy) is 2. The summed E-state index contributed by atoms with van der Waals surface area (Å²) in [5.41, 5.74) is -0.529. The number of alkyl halides is 3. The highest BCUT2D eigenvalue weighted by atomic mass is 19.4. The Balaban J connectivity index is 1.26. The minimum atomic E-state index is -4.53. The average molecular weight is 680 g/mol. The molecule has 3 aliphatic rings. The number of hydrogen-bond donors (Lipinski definition) is 2. The first-order valence-corrected chi connectivity index (χ1v) is 15.8. The summed E-state index contributed by atoms with van der Waals surface area (Å²) in [6.45, 7) is 4.10. The van der Waals surface area contributed by atoms with Crippen LogP contribution in [-0.4, -0.2) is 72.3 Å². The van der Waals surface area contributed by atoms with Gasteiger partial charge in [-0.3, -0.25) is 14.4 Å². The van der Waals surface area contributed by atoms with Gasteiger partial charge in [0.1, 0.15) is 17.9 Å². The van der Waals surface area contributed by atoms with Gasteiger partial charge in [0.2, 0.25) is 11.7 Å². The van der Waals surface area contributed by atoms with Crippen LogP contribution < -0.4 is 10.9 Å². The maximum Gasteiger partial charge on any atom is 0.416 e. The standard InChI is InChI=1S/C33H32F3N7O6/c1-18-16-21(33(34,35)36)5-6-22(18)38-24(45)17-42-27-19(2)49-32(9-12-41(13-10-32)30(47)26-23(44)4-3-11-37-26)25(27)29(46)43-31(42)39-28(40-43)20-7-14-48-15-8-20/h3-7,11,16,19,44H,8-10,12-15,17H2,1-2H3,(H,38,45). The molecule has 0 aliphatic carbocycles. The second kappa shape index (κ2) is 12.1. The molecule has 3 aliphatic heterocycles. The highest BCUT2D eigenvalue weighted by Crippen LogP contribution is 2.48. The largest absolute Gasteiger partial charge is 0.505 e. The zero-order chi connectivity index (χ0) is 34.7. The van der Waals surface area contributed by atoms with Crippen molar-refractivity contribution in [3.05, 3.63) is 86.9 Å². The Morgan fingerprint density at radius 3 is 2.63 bits per heavy atom. The predicted octanol–water partition coefficient (Wildman–Crippen LogP) is 3.98. The monoisotopic (exact) mass is 679 g/mol. The number of halogens is 3. The van der Waals surface area contributed by atoms with Crippen molar-refractivity contribution in [3.63, 3.8) is 0 Å². The van der Waals surface area contributed by atoms with E-state index in [1.54, 1.807) is 16.4 Å². The van der Waals surface area contributed by atoms with Gasteiger partial charge < -0.3 is 29.4 Å². The number of amides is 2. The van der Waals surface area contributed by atoms with Crippen molar-refractivity contribution in [2.24, 2.45) is 0 Å². The number of piperidine rings is 1. The van der Waals surface area contributed by atoms with Crippen molar-refractivity contribution < 1.29 is 37.3 Å². The number of nitrogens with zero attached hydrogens (tertiary/aromatic N) is 6. The molecule has 1 unspecified atom stereocenters. The van der Waals surface area contributed by atoms with Crippen LogP contribution in [0.5, 0.6) is 5.75 Å². The fraction of sp³-hybridized carbons (Fsp3) is 0.394. The van der Waals surface area contributed by atoms with Crippen LogP contribution in [0.25, 0.3) is 11.4 Å². The third-order valence-electron chi connectivity index (χ3n) is 9.26. The molecule has 1 spiro atoms. The lowest BCUT2D eigenvalue weighted by atomic mass is 9.85. The molecule has 0 bridgehead atoms. The molecular formula is C33H32F3N7O6. The number of fused-ring (bicyclic) bond motifs is 3. The molecule has 7 rings (SSSR count). The van der Waals surface area contributed by atoms with E-state index in [4.69, 9.17) is 9.47 Å². The SMILES string of the molecule is Cc1cc(C(F)(F)F)ccc1NC(=O)Cn1c2c(c(=O)n3nc(C4=CCOCC4)nc13)C1(CCN(C(=O)c3ncccc3O)CC1)OC2C. The number of hydrogen-bond acceptors (Lipinski definition) is 9. The van der Waals surface area contributed by atoms with Gasteiger partial charge in [-0.2, -0.15) is 22.7 Å². The first kappa shape index (κ1) is 32.5. The van der Waals surface area contributed by atoms with E-state index >= 15 is 0 Å². The maximum atomic E-state index is 14.3. The quantitative estimate of drug-likeness (QED) is 0.319. The normalized spacial score (nSPS) is 18.8. The smallest absolute Gasteiger partial charge is 0.416 e. The molecule has 2 amide bonds. The van der Waals surface area contributed by atoms with Crippen LogP contribution in [0, 0.1) is 6.92 Å². The average Bonchev–Trinajstić information content (AvgIpc) is 3.64. The molecule has 2 N–H and O–H groups in total. The maximum absolute atomic E-state index is 14.3. The zero-order valence-electron chi connectivity index (χ0n) is 26.6. The van der Waals surface area contributed by atoms with E-state index in [0.29, 0.717) is 36.7 Å². The van der Waals surface area contributed by atoms with E-state index in [-0.39, 0.29) is 60.9 Å². The predicted molar refractivity (Wildman–Crippen MR) is 168 cm³/mol. The summed E-state index contributed by atoms with van der Waals surface area (Å²) in [6, 6.07) is 5.97. The Hall–Kier alpha value is -5.09. The lowest BCUT2D eigenvalue weighted by Crippen LogP contribution is -2.47. The van der Waals surface area contributed by atoms with E-state index in [9.17, 15) is 32.7 Å². The minimum Gasteiger partial charge on any atom is -0.505 e. The summed E-state index contributed by atoms with van der Waals surface area (Å²) in [5.74, 6) is -0.825. The Morgan fingerprint density at radius 2 is 1.96 bits per heavy atom. The molecule has 16 heteroatoms. The fourth-order valence-corrected chi connectivity index (χ4v) is 6.86. The van der Waals surface area contributed by atoms with E-state index in [2.05, 4.69) is 20.4 Å². The second-order valence-corrected chi connectivity index (χ2v) is 12.3. The molecule has 3 aromatic heterocycles. The van der Waals surface area contributed by atoms with Crippen molar-refractivity contribution in [2.45, 2.75) is 57.5 Å². The first-order valence-electron chi connectivity index (χ1n) is 15.8. The molecule has 1 aromatic carbocycles. The molecule has 1 atom stereocenters. The molecule has 1 fully saturated rings. The molecule has 0 saturated carbocycles. The van der Waals surface area contributed by atoms with Crippen LogP contribution in [0.1, 0.15) is 71.0 Å². The first-order chi connectivity index (χ1) is 23.4. The van der Waals surface area contributed by atoms with E-state index < -0.39 is 40.8 Å². The van der Waals surface area contributed by atoms with Crippen molar-refractivity contribution >= 4 is 28.9 Å². The van der Waals surface area contributed by atoms with Gasteiger partial charge in [0.15, 0.2) is 11.5 Å². The summed E-state index contributed by atoms with van der Waals surface area (Å²) in [4.78, 5) is 51.3. The van der Waals surface area contributed by atoms with Gasteiger partial charge in [-0.05, 0) is 74.6 Å². The zero-order valence-corrected chi connectivity index (χ0v) is 26.6. The highest BCUT2D eigenvalue weighted by Gasteiger charge is 2.50. The number of aromatic nitrogens is 5. The van der Waals surface area contributed by atoms with Gasteiger partial charge in [-0.1, -0.05) is 6.08 Å². The van der Waals surface area contributed by atoms with E-state index in [1.807, 2.05) is 6.08 Å². The molecule has 256 valence electrons. The summed E-state index contributed by atoms with van der Waals surface area (Å²) >= 11 is 0. The van der Waals surface area contributed by atoms with Gasteiger partial charge in [0, 0.05) is 25.0 Å². The number of aryl methyl sites for hydroxylation is 1. The Kier molecular flexibility index (Phi) is 8.02. The topological polar surface area (TPSA) is 153 Å². The number of anilines is 1. The van der Waals surface area contributed by atoms with Crippen molar-refractivity contribution in [2.75, 3.05) is 31.6 Å². The number of benzene rings is 1. The Bertz CT molecular complexity index is 2080. The Morgan fingerprint density at radius 1 is 1.18 bits per heavy atom. The van der Waals surface area contributed by atoms with Crippen LogP contribution in [0.15, 0.2) is 47.4 Å². The number of nitrogens with one attached hydrogen (secondary N) is 1.